The number of benzene rings is 1. The van der Waals surface area contributed by atoms with Crippen LogP contribution in [0.3, 0.4) is 0 Å². The minimum atomic E-state index is 0.629. The highest BCUT2D eigenvalue weighted by atomic mass is 16.5. The van der Waals surface area contributed by atoms with Gasteiger partial charge < -0.3 is 20.1 Å². The van der Waals surface area contributed by atoms with Crippen molar-refractivity contribution in [3.63, 3.8) is 0 Å². The molecule has 2 N–H and O–H groups in total. The number of hydrogen-bond acceptors (Lipinski definition) is 3. The molecule has 0 spiro atoms. The van der Waals surface area contributed by atoms with Gasteiger partial charge in [-0.05, 0) is 57.2 Å². The SMILES string of the molecule is CCOc1ccc(CCN=C(N)N2CCCCC2)cc1OCC. The Balaban J connectivity index is 1.92. The predicted molar refractivity (Wildman–Crippen MR) is 94.4 cm³/mol. The number of ether oxygens (including phenoxy) is 2. The Labute approximate surface area is 139 Å². The van der Waals surface area contributed by atoms with Crippen molar-refractivity contribution in [1.29, 1.82) is 0 Å². The molecule has 0 atom stereocenters. The molecule has 1 aromatic carbocycles. The second kappa shape index (κ2) is 9.28. The van der Waals surface area contributed by atoms with Gasteiger partial charge in [-0.25, -0.2) is 0 Å². The molecule has 0 unspecified atom stereocenters. The normalized spacial score (nSPS) is 15.6. The molecule has 5 nitrogen and oxygen atoms in total. The highest BCUT2D eigenvalue weighted by Crippen LogP contribution is 2.28. The Bertz CT molecular complexity index is 511. The van der Waals surface area contributed by atoms with Gasteiger partial charge in [-0.1, -0.05) is 6.07 Å². The van der Waals surface area contributed by atoms with Crippen LogP contribution in [0, 0.1) is 0 Å². The number of piperidine rings is 1. The number of nitrogens with zero attached hydrogens (tertiary/aromatic N) is 2. The van der Waals surface area contributed by atoms with Crippen molar-refractivity contribution < 1.29 is 9.47 Å². The Kier molecular flexibility index (Phi) is 7.04. The minimum absolute atomic E-state index is 0.629. The summed E-state index contributed by atoms with van der Waals surface area (Å²) in [5, 5.41) is 0. The molecule has 2 rings (SSSR count). The first-order valence-corrected chi connectivity index (χ1v) is 8.68. The molecular weight excluding hydrogens is 290 g/mol. The fourth-order valence-electron chi connectivity index (χ4n) is 2.77. The number of likely N-dealkylation sites (tertiary alicyclic amines) is 1. The van der Waals surface area contributed by atoms with Gasteiger partial charge >= 0.3 is 0 Å². The van der Waals surface area contributed by atoms with Crippen LogP contribution in [0.15, 0.2) is 23.2 Å². The van der Waals surface area contributed by atoms with Crippen LogP contribution in [-0.2, 0) is 6.42 Å². The van der Waals surface area contributed by atoms with E-state index in [1.165, 1.54) is 24.8 Å². The molecule has 0 amide bonds. The van der Waals surface area contributed by atoms with Crippen molar-refractivity contribution in [2.75, 3.05) is 32.8 Å². The first-order chi connectivity index (χ1) is 11.2. The minimum Gasteiger partial charge on any atom is -0.490 e. The van der Waals surface area contributed by atoms with E-state index in [4.69, 9.17) is 15.2 Å². The van der Waals surface area contributed by atoms with Crippen molar-refractivity contribution in [2.45, 2.75) is 39.5 Å². The maximum Gasteiger partial charge on any atom is 0.191 e. The van der Waals surface area contributed by atoms with E-state index in [1.807, 2.05) is 26.0 Å². The molecule has 23 heavy (non-hydrogen) atoms. The fraction of sp³-hybridized carbons (Fsp3) is 0.611. The molecule has 0 aromatic heterocycles. The van der Waals surface area contributed by atoms with Gasteiger partial charge in [0.2, 0.25) is 0 Å². The molecule has 0 radical (unpaired) electrons. The van der Waals surface area contributed by atoms with Crippen LogP contribution in [-0.4, -0.2) is 43.7 Å². The summed E-state index contributed by atoms with van der Waals surface area (Å²) in [6.07, 6.45) is 4.58. The number of aliphatic imine (C=N–C) groups is 1. The van der Waals surface area contributed by atoms with Crippen LogP contribution in [0.5, 0.6) is 11.5 Å². The van der Waals surface area contributed by atoms with Gasteiger partial charge in [0, 0.05) is 19.6 Å². The van der Waals surface area contributed by atoms with E-state index < -0.39 is 0 Å². The summed E-state index contributed by atoms with van der Waals surface area (Å²) >= 11 is 0. The Morgan fingerprint density at radius 3 is 2.48 bits per heavy atom. The quantitative estimate of drug-likeness (QED) is 0.620. The average molecular weight is 319 g/mol. The zero-order valence-corrected chi connectivity index (χ0v) is 14.4. The van der Waals surface area contributed by atoms with Crippen LogP contribution in [0.1, 0.15) is 38.7 Å². The zero-order chi connectivity index (χ0) is 16.5. The third-order valence-corrected chi connectivity index (χ3v) is 3.96. The van der Waals surface area contributed by atoms with Crippen molar-refractivity contribution >= 4 is 5.96 Å². The lowest BCUT2D eigenvalue weighted by molar-refractivity contribution is 0.287. The maximum absolute atomic E-state index is 6.09. The molecule has 1 fully saturated rings. The number of nitrogens with two attached hydrogens (primary N) is 1. The van der Waals surface area contributed by atoms with Crippen molar-refractivity contribution in [1.82, 2.24) is 4.90 Å². The van der Waals surface area contributed by atoms with E-state index in [0.717, 1.165) is 31.0 Å². The maximum atomic E-state index is 6.09. The van der Waals surface area contributed by atoms with Gasteiger partial charge in [-0.15, -0.1) is 0 Å². The monoisotopic (exact) mass is 319 g/mol. The third-order valence-electron chi connectivity index (χ3n) is 3.96. The number of guanidine groups is 1. The standard InChI is InChI=1S/C18H29N3O2/c1-3-22-16-9-8-15(14-17(16)23-4-2)10-11-20-18(19)21-12-6-5-7-13-21/h8-9,14H,3-7,10-13H2,1-2H3,(H2,19,20). The van der Waals surface area contributed by atoms with E-state index in [9.17, 15) is 0 Å². The number of rotatable bonds is 7. The summed E-state index contributed by atoms with van der Waals surface area (Å²) in [7, 11) is 0. The van der Waals surface area contributed by atoms with Crippen molar-refractivity contribution in [3.8, 4) is 11.5 Å². The predicted octanol–water partition coefficient (Wildman–Crippen LogP) is 2.83. The topological polar surface area (TPSA) is 60.1 Å². The molecule has 5 heteroatoms. The van der Waals surface area contributed by atoms with E-state index in [-0.39, 0.29) is 0 Å². The second-order valence-corrected chi connectivity index (χ2v) is 5.68. The van der Waals surface area contributed by atoms with Gasteiger partial charge in [-0.2, -0.15) is 0 Å². The summed E-state index contributed by atoms with van der Waals surface area (Å²) in [6.45, 7) is 7.98. The van der Waals surface area contributed by atoms with Gasteiger partial charge in [-0.3, -0.25) is 4.99 Å². The molecule has 1 heterocycles. The van der Waals surface area contributed by atoms with Crippen LogP contribution < -0.4 is 15.2 Å². The van der Waals surface area contributed by atoms with E-state index in [1.54, 1.807) is 0 Å². The van der Waals surface area contributed by atoms with Gasteiger partial charge in [0.15, 0.2) is 17.5 Å². The summed E-state index contributed by atoms with van der Waals surface area (Å²) in [6, 6.07) is 6.09. The first-order valence-electron chi connectivity index (χ1n) is 8.68. The molecule has 0 saturated carbocycles. The average Bonchev–Trinajstić information content (AvgIpc) is 2.58. The van der Waals surface area contributed by atoms with Gasteiger partial charge in [0.05, 0.1) is 13.2 Å². The molecule has 1 saturated heterocycles. The first kappa shape index (κ1) is 17.4. The molecule has 1 aliphatic rings. The smallest absolute Gasteiger partial charge is 0.191 e. The fourth-order valence-corrected chi connectivity index (χ4v) is 2.77. The Hall–Kier alpha value is -1.91. The molecule has 1 aromatic rings. The van der Waals surface area contributed by atoms with E-state index in [0.29, 0.717) is 25.7 Å². The third kappa shape index (κ3) is 5.34. The molecule has 128 valence electrons. The van der Waals surface area contributed by atoms with Crippen LogP contribution in [0.2, 0.25) is 0 Å². The molecule has 0 aliphatic carbocycles. The molecule has 0 bridgehead atoms. The highest BCUT2D eigenvalue weighted by molar-refractivity contribution is 5.78. The van der Waals surface area contributed by atoms with Crippen molar-refractivity contribution in [2.24, 2.45) is 10.7 Å². The highest BCUT2D eigenvalue weighted by Gasteiger charge is 2.11. The van der Waals surface area contributed by atoms with Gasteiger partial charge in [0.25, 0.3) is 0 Å². The van der Waals surface area contributed by atoms with Crippen molar-refractivity contribution in [3.05, 3.63) is 23.8 Å². The summed E-state index contributed by atoms with van der Waals surface area (Å²) in [4.78, 5) is 6.71. The summed E-state index contributed by atoms with van der Waals surface area (Å²) in [5.41, 5.74) is 7.27. The Morgan fingerprint density at radius 2 is 1.78 bits per heavy atom. The Morgan fingerprint density at radius 1 is 1.09 bits per heavy atom. The number of hydrogen-bond donors (Lipinski definition) is 1. The molecular formula is C18H29N3O2. The van der Waals surface area contributed by atoms with Crippen LogP contribution in [0.4, 0.5) is 0 Å². The summed E-state index contributed by atoms with van der Waals surface area (Å²) in [5.74, 6) is 2.29. The van der Waals surface area contributed by atoms with Gasteiger partial charge in [0.1, 0.15) is 0 Å². The molecule has 1 aliphatic heterocycles. The van der Waals surface area contributed by atoms with Crippen LogP contribution >= 0.6 is 0 Å². The lowest BCUT2D eigenvalue weighted by Crippen LogP contribution is -2.41. The second-order valence-electron chi connectivity index (χ2n) is 5.68. The van der Waals surface area contributed by atoms with E-state index in [2.05, 4.69) is 16.0 Å². The van der Waals surface area contributed by atoms with E-state index >= 15 is 0 Å². The van der Waals surface area contributed by atoms with Crippen LogP contribution in [0.25, 0.3) is 0 Å². The largest absolute Gasteiger partial charge is 0.490 e. The zero-order valence-electron chi connectivity index (χ0n) is 14.4. The lowest BCUT2D eigenvalue weighted by atomic mass is 10.1. The summed E-state index contributed by atoms with van der Waals surface area (Å²) < 4.78 is 11.2. The lowest BCUT2D eigenvalue weighted by Gasteiger charge is -2.27.